The molecule has 0 fully saturated rings. The molecule has 2 rings (SSSR count). The summed E-state index contributed by atoms with van der Waals surface area (Å²) < 4.78 is 18.1. The Morgan fingerprint density at radius 3 is 2.94 bits per heavy atom. The number of ether oxygens (including phenoxy) is 1. The molecule has 1 aliphatic rings. The standard InChI is InChI=1S/C12H15FN2O2/c1-7-3-4-8-10(15(7)12(16)17-2)6-5-9(13)11(8)14/h5-7H,3-4,14H2,1-2H3. The van der Waals surface area contributed by atoms with Crippen LogP contribution in [0.5, 0.6) is 0 Å². The minimum Gasteiger partial charge on any atom is -0.452 e. The third kappa shape index (κ3) is 1.81. The molecule has 92 valence electrons. The van der Waals surface area contributed by atoms with Crippen LogP contribution in [0, 0.1) is 5.82 Å². The van der Waals surface area contributed by atoms with Gasteiger partial charge in [-0.25, -0.2) is 9.18 Å². The summed E-state index contributed by atoms with van der Waals surface area (Å²) in [6.07, 6.45) is 0.980. The summed E-state index contributed by atoms with van der Waals surface area (Å²) in [5.41, 5.74) is 7.16. The number of nitrogens with two attached hydrogens (primary N) is 1. The molecule has 0 radical (unpaired) electrons. The van der Waals surface area contributed by atoms with Gasteiger partial charge in [0.05, 0.1) is 18.5 Å². The summed E-state index contributed by atoms with van der Waals surface area (Å²) >= 11 is 0. The molecule has 0 bridgehead atoms. The second-order valence-electron chi connectivity index (χ2n) is 4.19. The molecule has 0 spiro atoms. The van der Waals surface area contributed by atoms with Crippen LogP contribution in [0.3, 0.4) is 0 Å². The van der Waals surface area contributed by atoms with Crippen LogP contribution in [0.2, 0.25) is 0 Å². The third-order valence-corrected chi connectivity index (χ3v) is 3.16. The van der Waals surface area contributed by atoms with Crippen molar-refractivity contribution < 1.29 is 13.9 Å². The maximum Gasteiger partial charge on any atom is 0.414 e. The van der Waals surface area contributed by atoms with E-state index >= 15 is 0 Å². The molecule has 17 heavy (non-hydrogen) atoms. The molecule has 1 atom stereocenters. The molecule has 1 aromatic carbocycles. The second kappa shape index (κ2) is 4.24. The van der Waals surface area contributed by atoms with Gasteiger partial charge in [-0.15, -0.1) is 0 Å². The van der Waals surface area contributed by atoms with Crippen molar-refractivity contribution in [2.24, 2.45) is 0 Å². The average molecular weight is 238 g/mol. The SMILES string of the molecule is COC(=O)N1c2ccc(F)c(N)c2CCC1C. The number of methoxy groups -OCH3 is 1. The largest absolute Gasteiger partial charge is 0.452 e. The summed E-state index contributed by atoms with van der Waals surface area (Å²) in [5.74, 6) is -0.442. The number of hydrogen-bond acceptors (Lipinski definition) is 3. The molecule has 1 unspecified atom stereocenters. The zero-order valence-electron chi connectivity index (χ0n) is 9.87. The Morgan fingerprint density at radius 2 is 2.29 bits per heavy atom. The first-order valence-corrected chi connectivity index (χ1v) is 5.50. The van der Waals surface area contributed by atoms with Gasteiger partial charge < -0.3 is 10.5 Å². The number of amides is 1. The monoisotopic (exact) mass is 238 g/mol. The van der Waals surface area contributed by atoms with Gasteiger partial charge >= 0.3 is 6.09 Å². The van der Waals surface area contributed by atoms with E-state index in [4.69, 9.17) is 10.5 Å². The van der Waals surface area contributed by atoms with E-state index in [1.54, 1.807) is 6.07 Å². The van der Waals surface area contributed by atoms with Gasteiger partial charge in [-0.3, -0.25) is 4.90 Å². The van der Waals surface area contributed by atoms with Crippen LogP contribution in [-0.4, -0.2) is 19.2 Å². The minimum absolute atomic E-state index is 0.0276. The van der Waals surface area contributed by atoms with Crippen LogP contribution in [0.4, 0.5) is 20.6 Å². The maximum atomic E-state index is 13.4. The van der Waals surface area contributed by atoms with Crippen LogP contribution < -0.4 is 10.6 Å². The highest BCUT2D eigenvalue weighted by Crippen LogP contribution is 2.35. The van der Waals surface area contributed by atoms with Crippen molar-refractivity contribution in [2.75, 3.05) is 17.7 Å². The molecule has 1 heterocycles. The number of hydrogen-bond donors (Lipinski definition) is 1. The Kier molecular flexibility index (Phi) is 2.92. The first-order chi connectivity index (χ1) is 8.06. The van der Waals surface area contributed by atoms with Crippen molar-refractivity contribution in [1.82, 2.24) is 0 Å². The molecule has 1 aromatic rings. The number of nitrogen functional groups attached to an aromatic ring is 1. The van der Waals surface area contributed by atoms with E-state index in [1.165, 1.54) is 18.1 Å². The van der Waals surface area contributed by atoms with E-state index in [0.717, 1.165) is 6.42 Å². The maximum absolute atomic E-state index is 13.4. The van der Waals surface area contributed by atoms with Crippen LogP contribution in [-0.2, 0) is 11.2 Å². The highest BCUT2D eigenvalue weighted by Gasteiger charge is 2.30. The number of nitrogens with zero attached hydrogens (tertiary/aromatic N) is 1. The fourth-order valence-corrected chi connectivity index (χ4v) is 2.21. The fraction of sp³-hybridized carbons (Fsp3) is 0.417. The Hall–Kier alpha value is -1.78. The molecule has 1 amide bonds. The van der Waals surface area contributed by atoms with Gasteiger partial charge in [0, 0.05) is 11.6 Å². The van der Waals surface area contributed by atoms with Gasteiger partial charge in [0.25, 0.3) is 0 Å². The van der Waals surface area contributed by atoms with Gasteiger partial charge in [0.15, 0.2) is 0 Å². The van der Waals surface area contributed by atoms with Crippen molar-refractivity contribution in [2.45, 2.75) is 25.8 Å². The van der Waals surface area contributed by atoms with Gasteiger partial charge in [0.1, 0.15) is 5.82 Å². The van der Waals surface area contributed by atoms with Crippen molar-refractivity contribution in [3.05, 3.63) is 23.5 Å². The number of halogens is 1. The van der Waals surface area contributed by atoms with E-state index in [0.29, 0.717) is 17.7 Å². The van der Waals surface area contributed by atoms with E-state index in [1.807, 2.05) is 6.92 Å². The molecule has 0 saturated heterocycles. The van der Waals surface area contributed by atoms with Crippen molar-refractivity contribution in [3.8, 4) is 0 Å². The van der Waals surface area contributed by atoms with Crippen LogP contribution in [0.15, 0.2) is 12.1 Å². The molecule has 0 saturated carbocycles. The Labute approximate surface area is 99.2 Å². The Balaban J connectivity index is 2.52. The summed E-state index contributed by atoms with van der Waals surface area (Å²) in [6, 6.07) is 2.88. The minimum atomic E-state index is -0.442. The molecule has 1 aliphatic heterocycles. The van der Waals surface area contributed by atoms with Gasteiger partial charge in [-0.2, -0.15) is 0 Å². The molecule has 4 nitrogen and oxygen atoms in total. The predicted molar refractivity (Wildman–Crippen MR) is 63.5 cm³/mol. The lowest BCUT2D eigenvalue weighted by atomic mass is 9.95. The Morgan fingerprint density at radius 1 is 1.59 bits per heavy atom. The highest BCUT2D eigenvalue weighted by atomic mass is 19.1. The van der Waals surface area contributed by atoms with Crippen molar-refractivity contribution in [1.29, 1.82) is 0 Å². The van der Waals surface area contributed by atoms with Crippen LogP contribution >= 0.6 is 0 Å². The topological polar surface area (TPSA) is 55.6 Å². The van der Waals surface area contributed by atoms with E-state index in [-0.39, 0.29) is 11.7 Å². The number of anilines is 2. The smallest absolute Gasteiger partial charge is 0.414 e. The number of carbonyl (C=O) groups excluding carboxylic acids is 1. The van der Waals surface area contributed by atoms with E-state index < -0.39 is 11.9 Å². The molecule has 0 aromatic heterocycles. The quantitative estimate of drug-likeness (QED) is 0.706. The number of rotatable bonds is 0. The molecular weight excluding hydrogens is 223 g/mol. The lowest BCUT2D eigenvalue weighted by Crippen LogP contribution is -2.42. The summed E-state index contributed by atoms with van der Waals surface area (Å²) in [6.45, 7) is 1.93. The van der Waals surface area contributed by atoms with Crippen molar-refractivity contribution in [3.63, 3.8) is 0 Å². The average Bonchev–Trinajstić information content (AvgIpc) is 2.33. The lowest BCUT2D eigenvalue weighted by molar-refractivity contribution is 0.175. The molecule has 0 aliphatic carbocycles. The number of benzene rings is 1. The van der Waals surface area contributed by atoms with Gasteiger partial charge in [0.2, 0.25) is 0 Å². The highest BCUT2D eigenvalue weighted by molar-refractivity contribution is 5.91. The molecular formula is C12H15FN2O2. The Bertz CT molecular complexity index is 462. The van der Waals surface area contributed by atoms with E-state index in [9.17, 15) is 9.18 Å². The summed E-state index contributed by atoms with van der Waals surface area (Å²) in [7, 11) is 1.33. The second-order valence-corrected chi connectivity index (χ2v) is 4.19. The zero-order valence-corrected chi connectivity index (χ0v) is 9.87. The molecule has 5 heteroatoms. The number of carbonyl (C=O) groups is 1. The van der Waals surface area contributed by atoms with Crippen LogP contribution in [0.1, 0.15) is 18.9 Å². The van der Waals surface area contributed by atoms with Gasteiger partial charge in [-0.1, -0.05) is 0 Å². The summed E-state index contributed by atoms with van der Waals surface area (Å²) in [4.78, 5) is 13.2. The third-order valence-electron chi connectivity index (χ3n) is 3.16. The van der Waals surface area contributed by atoms with E-state index in [2.05, 4.69) is 0 Å². The normalized spacial score (nSPS) is 18.8. The summed E-state index contributed by atoms with van der Waals surface area (Å²) in [5, 5.41) is 0. The van der Waals surface area contributed by atoms with Gasteiger partial charge in [-0.05, 0) is 31.9 Å². The lowest BCUT2D eigenvalue weighted by Gasteiger charge is -2.34. The predicted octanol–water partition coefficient (Wildman–Crippen LogP) is 2.32. The first-order valence-electron chi connectivity index (χ1n) is 5.50. The van der Waals surface area contributed by atoms with Crippen molar-refractivity contribution >= 4 is 17.5 Å². The number of fused-ring (bicyclic) bond motifs is 1. The fourth-order valence-electron chi connectivity index (χ4n) is 2.21. The zero-order chi connectivity index (χ0) is 12.6. The van der Waals surface area contributed by atoms with Crippen LogP contribution in [0.25, 0.3) is 0 Å². The first kappa shape index (κ1) is 11.7. The molecule has 2 N–H and O–H groups in total.